The van der Waals surface area contributed by atoms with Crippen molar-refractivity contribution in [2.45, 2.75) is 0 Å². The van der Waals surface area contributed by atoms with Crippen LogP contribution in [-0.2, 0) is 0 Å². The highest BCUT2D eigenvalue weighted by atomic mass is 19.2. The van der Waals surface area contributed by atoms with Gasteiger partial charge in [-0.25, -0.2) is 48.3 Å². The largest absolute Gasteiger partial charge is 0.633 e. The molecule has 15 heteroatoms. The van der Waals surface area contributed by atoms with Crippen molar-refractivity contribution >= 4 is 66.4 Å². The fraction of sp³-hybridized carbons (Fsp3) is 0. The van der Waals surface area contributed by atoms with E-state index in [1.54, 1.807) is 0 Å². The topological polar surface area (TPSA) is 18.5 Å². The molecule has 0 aliphatic carbocycles. The zero-order chi connectivity index (χ0) is 36.2. The Morgan fingerprint density at radius 2 is 1.02 bits per heavy atom. The van der Waals surface area contributed by atoms with Crippen LogP contribution in [0.2, 0.25) is 0 Å². The average Bonchev–Trinajstić information content (AvgIpc) is 3.10. The molecule has 0 aromatic heterocycles. The molecule has 8 aromatic rings. The summed E-state index contributed by atoms with van der Waals surface area (Å²) in [4.78, 5) is 0. The molecule has 0 spiro atoms. The Morgan fingerprint density at radius 3 is 1.78 bits per heavy atom. The lowest BCUT2D eigenvalue weighted by molar-refractivity contribution is 0.409. The van der Waals surface area contributed by atoms with Crippen molar-refractivity contribution in [3.63, 3.8) is 0 Å². The number of fused-ring (bicyclic) bond motifs is 2. The second-order valence-electron chi connectivity index (χ2n) is 11.4. The van der Waals surface area contributed by atoms with Crippen LogP contribution in [0.4, 0.5) is 52.7 Å². The molecule has 0 atom stereocenters. The van der Waals surface area contributed by atoms with E-state index in [2.05, 4.69) is 0 Å². The zero-order valence-corrected chi connectivity index (χ0v) is 24.8. The van der Waals surface area contributed by atoms with Gasteiger partial charge in [0.25, 0.3) is 0 Å². The molecule has 0 radical (unpaired) electrons. The molecule has 0 aliphatic heterocycles. The maximum atomic E-state index is 16.0. The molecule has 8 aromatic carbocycles. The molecule has 254 valence electrons. The Balaban J connectivity index is 1.45. The fourth-order valence-corrected chi connectivity index (χ4v) is 6.46. The van der Waals surface area contributed by atoms with E-state index in [0.29, 0.717) is 18.2 Å². The summed E-state index contributed by atoms with van der Waals surface area (Å²) >= 11 is 0. The van der Waals surface area contributed by atoms with E-state index in [9.17, 15) is 30.7 Å². The van der Waals surface area contributed by atoms with Gasteiger partial charge in [0.1, 0.15) is 34.8 Å². The van der Waals surface area contributed by atoms with Gasteiger partial charge in [0.2, 0.25) is 0 Å². The first-order valence-electron chi connectivity index (χ1n) is 14.6. The monoisotopic (exact) mass is 714 g/mol. The molecular formula is C36H11BF12O2. The number of hydrogen-bond acceptors (Lipinski definition) is 2. The van der Waals surface area contributed by atoms with Crippen molar-refractivity contribution in [2.24, 2.45) is 0 Å². The highest BCUT2D eigenvalue weighted by Gasteiger charge is 2.37. The van der Waals surface area contributed by atoms with Gasteiger partial charge in [-0.05, 0) is 35.7 Å². The van der Waals surface area contributed by atoms with Gasteiger partial charge in [-0.1, -0.05) is 30.3 Å². The molecule has 0 amide bonds. The van der Waals surface area contributed by atoms with E-state index in [-0.39, 0.29) is 5.39 Å². The normalized spacial score (nSPS) is 11.9. The lowest BCUT2D eigenvalue weighted by Gasteiger charge is -2.23. The van der Waals surface area contributed by atoms with Crippen molar-refractivity contribution < 1.29 is 62.0 Å². The van der Waals surface area contributed by atoms with Crippen LogP contribution in [0.5, 0.6) is 11.5 Å². The number of rotatable bonds is 5. The quantitative estimate of drug-likeness (QED) is 0.0581. The summed E-state index contributed by atoms with van der Waals surface area (Å²) in [6, 6.07) is 9.40. The molecule has 0 heterocycles. The van der Waals surface area contributed by atoms with E-state index in [4.69, 9.17) is 9.31 Å². The summed E-state index contributed by atoms with van der Waals surface area (Å²) in [5.41, 5.74) is -0.745. The van der Waals surface area contributed by atoms with Crippen molar-refractivity contribution in [1.82, 2.24) is 0 Å². The summed E-state index contributed by atoms with van der Waals surface area (Å²) in [6.45, 7) is 0. The highest BCUT2D eigenvalue weighted by molar-refractivity contribution is 6.66. The Labute approximate surface area is 276 Å². The third-order valence-electron chi connectivity index (χ3n) is 8.66. The highest BCUT2D eigenvalue weighted by Crippen LogP contribution is 2.45. The number of hydrogen-bond donors (Lipinski definition) is 0. The van der Waals surface area contributed by atoms with Crippen molar-refractivity contribution in [2.75, 3.05) is 0 Å². The minimum absolute atomic E-state index is 0.0542. The van der Waals surface area contributed by atoms with Crippen molar-refractivity contribution in [3.8, 4) is 11.5 Å². The van der Waals surface area contributed by atoms with Crippen LogP contribution in [-0.4, -0.2) is 7.12 Å². The van der Waals surface area contributed by atoms with Gasteiger partial charge in [-0.2, -0.15) is 4.39 Å². The van der Waals surface area contributed by atoms with Crippen LogP contribution in [0, 0.1) is 69.8 Å². The van der Waals surface area contributed by atoms with E-state index >= 15 is 22.0 Å². The molecule has 0 fully saturated rings. The SMILES string of the molecule is Fc1cc(F)c2c(F)ccc(OB(Oc3c(F)c(F)c4c(F)c(F)c5c(F)ccc6ccc3c4c65)c3cccc4c(F)c(F)c(F)c(F)c34)c2c1. The van der Waals surface area contributed by atoms with Gasteiger partial charge in [0, 0.05) is 43.8 Å². The lowest BCUT2D eigenvalue weighted by atomic mass is 9.75. The van der Waals surface area contributed by atoms with Gasteiger partial charge in [-0.15, -0.1) is 0 Å². The van der Waals surface area contributed by atoms with Gasteiger partial charge in [0.05, 0.1) is 16.2 Å². The van der Waals surface area contributed by atoms with Gasteiger partial charge < -0.3 is 9.31 Å². The minimum Gasteiger partial charge on any atom is -0.521 e. The molecule has 2 nitrogen and oxygen atoms in total. The number of benzene rings is 8. The van der Waals surface area contributed by atoms with Crippen LogP contribution < -0.4 is 14.8 Å². The van der Waals surface area contributed by atoms with E-state index in [0.717, 1.165) is 42.5 Å². The summed E-state index contributed by atoms with van der Waals surface area (Å²) in [5.74, 6) is -23.1. The Bertz CT molecular complexity index is 2810. The maximum absolute atomic E-state index is 16.0. The fourth-order valence-electron chi connectivity index (χ4n) is 6.46. The molecule has 0 N–H and O–H groups in total. The van der Waals surface area contributed by atoms with Crippen LogP contribution in [0.1, 0.15) is 0 Å². The Morgan fingerprint density at radius 1 is 0.392 bits per heavy atom. The summed E-state index contributed by atoms with van der Waals surface area (Å²) < 4.78 is 192. The van der Waals surface area contributed by atoms with Crippen molar-refractivity contribution in [1.29, 1.82) is 0 Å². The third kappa shape index (κ3) is 4.56. The number of halogens is 12. The smallest absolute Gasteiger partial charge is 0.521 e. The Hall–Kier alpha value is -5.86. The lowest BCUT2D eigenvalue weighted by Crippen LogP contribution is -2.44. The van der Waals surface area contributed by atoms with E-state index < -0.39 is 142 Å². The first-order valence-corrected chi connectivity index (χ1v) is 14.6. The predicted octanol–water partition coefficient (Wildman–Crippen LogP) is 10.4. The molecule has 0 bridgehead atoms. The first-order chi connectivity index (χ1) is 24.3. The van der Waals surface area contributed by atoms with Gasteiger partial charge in [0.15, 0.2) is 46.5 Å². The van der Waals surface area contributed by atoms with Crippen LogP contribution in [0.3, 0.4) is 0 Å². The van der Waals surface area contributed by atoms with Crippen molar-refractivity contribution in [3.05, 3.63) is 137 Å². The minimum atomic E-state index is -2.42. The summed E-state index contributed by atoms with van der Waals surface area (Å²) in [5, 5.41) is -6.98. The molecule has 8 rings (SSSR count). The summed E-state index contributed by atoms with van der Waals surface area (Å²) in [7, 11) is -2.42. The Kier molecular flexibility index (Phi) is 7.19. The van der Waals surface area contributed by atoms with E-state index in [1.165, 1.54) is 6.07 Å². The molecular weight excluding hydrogens is 703 g/mol. The molecule has 0 unspecified atom stereocenters. The summed E-state index contributed by atoms with van der Waals surface area (Å²) in [6.07, 6.45) is 0. The van der Waals surface area contributed by atoms with Crippen LogP contribution in [0.15, 0.2) is 66.7 Å². The third-order valence-corrected chi connectivity index (χ3v) is 8.66. The average molecular weight is 714 g/mol. The zero-order valence-electron chi connectivity index (χ0n) is 24.8. The first kappa shape index (κ1) is 32.4. The molecule has 0 aliphatic rings. The van der Waals surface area contributed by atoms with Gasteiger partial charge >= 0.3 is 7.12 Å². The van der Waals surface area contributed by atoms with E-state index in [1.807, 2.05) is 0 Å². The predicted molar refractivity (Wildman–Crippen MR) is 164 cm³/mol. The second kappa shape index (κ2) is 11.3. The molecule has 51 heavy (non-hydrogen) atoms. The van der Waals surface area contributed by atoms with Crippen LogP contribution >= 0.6 is 0 Å². The maximum Gasteiger partial charge on any atom is 0.633 e. The van der Waals surface area contributed by atoms with Crippen LogP contribution in [0.25, 0.3) is 53.9 Å². The second-order valence-corrected chi connectivity index (χ2v) is 11.4. The standard InChI is InChI=1S/C36H11BF12O2/c38-13-10-16-21(9-8-18(39)24(16)20(41)11-13)50-37(17-3-1-2-14-23(17)29(43)34(48)33(47)28(14)42)51-36-15-6-4-12-5-7-19(40)26-22(12)25(15)27(31(45)30(26)44)32(46)35(36)49/h1-11H. The van der Waals surface area contributed by atoms with Gasteiger partial charge in [-0.3, -0.25) is 0 Å². The molecule has 0 saturated heterocycles. The molecule has 0 saturated carbocycles.